The fourth-order valence-corrected chi connectivity index (χ4v) is 5.15. The Morgan fingerprint density at radius 2 is 1.65 bits per heavy atom. The van der Waals surface area contributed by atoms with E-state index < -0.39 is 18.0 Å². The highest BCUT2D eigenvalue weighted by molar-refractivity contribution is 5.82. The van der Waals surface area contributed by atoms with Gasteiger partial charge in [0.1, 0.15) is 6.61 Å². The number of hydrogen-bond donors (Lipinski definition) is 3. The highest BCUT2D eigenvalue weighted by Crippen LogP contribution is 2.44. The third-order valence-corrected chi connectivity index (χ3v) is 7.12. The van der Waals surface area contributed by atoms with Crippen LogP contribution in [0.4, 0.5) is 4.79 Å². The first-order valence-electron chi connectivity index (χ1n) is 11.8. The number of allylic oxidation sites excluding steroid dienone is 1. The number of carbonyl (C=O) groups excluding carboxylic acids is 2. The van der Waals surface area contributed by atoms with Crippen LogP contribution in [0.2, 0.25) is 0 Å². The van der Waals surface area contributed by atoms with Crippen LogP contribution in [-0.4, -0.2) is 42.3 Å². The molecule has 2 unspecified atom stereocenters. The Balaban J connectivity index is 1.08. The average Bonchev–Trinajstić information content (AvgIpc) is 3.57. The summed E-state index contributed by atoms with van der Waals surface area (Å²) < 4.78 is 5.55. The van der Waals surface area contributed by atoms with E-state index in [1.54, 1.807) is 0 Å². The molecular weight excluding hydrogens is 432 g/mol. The predicted molar refractivity (Wildman–Crippen MR) is 126 cm³/mol. The second-order valence-electron chi connectivity index (χ2n) is 9.36. The monoisotopic (exact) mass is 460 g/mol. The minimum absolute atomic E-state index is 0.00998. The van der Waals surface area contributed by atoms with Crippen molar-refractivity contribution in [1.29, 1.82) is 0 Å². The van der Waals surface area contributed by atoms with E-state index in [4.69, 9.17) is 4.74 Å². The molecular formula is C27H28N2O5. The zero-order valence-corrected chi connectivity index (χ0v) is 18.8. The molecule has 0 aromatic heterocycles. The summed E-state index contributed by atoms with van der Waals surface area (Å²) in [6, 6.07) is 16.1. The zero-order chi connectivity index (χ0) is 23.7. The molecule has 0 radical (unpaired) electrons. The summed E-state index contributed by atoms with van der Waals surface area (Å²) in [6.45, 7) is 0.639. The lowest BCUT2D eigenvalue weighted by Crippen LogP contribution is -2.39. The maximum Gasteiger partial charge on any atom is 0.407 e. The number of benzene rings is 2. The van der Waals surface area contributed by atoms with Crippen LogP contribution in [0, 0.1) is 17.8 Å². The van der Waals surface area contributed by atoms with E-state index in [-0.39, 0.29) is 36.3 Å². The summed E-state index contributed by atoms with van der Waals surface area (Å²) in [5.41, 5.74) is 4.69. The van der Waals surface area contributed by atoms with Crippen molar-refractivity contribution in [2.75, 3.05) is 13.2 Å². The average molecular weight is 461 g/mol. The van der Waals surface area contributed by atoms with Crippen molar-refractivity contribution in [3.8, 4) is 11.1 Å². The first-order chi connectivity index (χ1) is 16.5. The van der Waals surface area contributed by atoms with Gasteiger partial charge in [0.25, 0.3) is 0 Å². The molecule has 3 aliphatic rings. The van der Waals surface area contributed by atoms with Crippen molar-refractivity contribution in [1.82, 2.24) is 10.6 Å². The Bertz CT molecular complexity index is 1100. The van der Waals surface area contributed by atoms with Gasteiger partial charge in [-0.05, 0) is 47.4 Å². The summed E-state index contributed by atoms with van der Waals surface area (Å²) in [6.07, 6.45) is 4.81. The molecule has 5 rings (SSSR count). The molecule has 2 aromatic carbocycles. The predicted octanol–water partition coefficient (Wildman–Crippen LogP) is 3.70. The van der Waals surface area contributed by atoms with E-state index in [2.05, 4.69) is 34.9 Å². The number of carbonyl (C=O) groups is 3. The highest BCUT2D eigenvalue weighted by atomic mass is 16.5. The molecule has 3 aliphatic carbocycles. The van der Waals surface area contributed by atoms with Crippen LogP contribution < -0.4 is 10.6 Å². The smallest absolute Gasteiger partial charge is 0.407 e. The van der Waals surface area contributed by atoms with Gasteiger partial charge in [-0.3, -0.25) is 9.59 Å². The van der Waals surface area contributed by atoms with E-state index in [1.165, 1.54) is 11.1 Å². The fourth-order valence-electron chi connectivity index (χ4n) is 5.15. The fraction of sp³-hybridized carbons (Fsp3) is 0.370. The zero-order valence-electron chi connectivity index (χ0n) is 18.8. The van der Waals surface area contributed by atoms with Crippen LogP contribution >= 0.6 is 0 Å². The summed E-state index contributed by atoms with van der Waals surface area (Å²) in [5.74, 6) is -1.45. The molecule has 176 valence electrons. The Hall–Kier alpha value is -3.61. The molecule has 0 heterocycles. The van der Waals surface area contributed by atoms with E-state index >= 15 is 0 Å². The first kappa shape index (κ1) is 22.2. The second-order valence-corrected chi connectivity index (χ2v) is 9.36. The number of ether oxygens (including phenoxy) is 1. The topological polar surface area (TPSA) is 105 Å². The summed E-state index contributed by atoms with van der Waals surface area (Å²) in [4.78, 5) is 36.0. The molecule has 1 fully saturated rings. The van der Waals surface area contributed by atoms with Gasteiger partial charge in [-0.15, -0.1) is 0 Å². The van der Waals surface area contributed by atoms with Gasteiger partial charge in [0.2, 0.25) is 5.91 Å². The lowest BCUT2D eigenvalue weighted by atomic mass is 9.91. The van der Waals surface area contributed by atoms with Gasteiger partial charge >= 0.3 is 12.1 Å². The van der Waals surface area contributed by atoms with Crippen LogP contribution in [0.25, 0.3) is 11.1 Å². The first-order valence-corrected chi connectivity index (χ1v) is 11.8. The van der Waals surface area contributed by atoms with Gasteiger partial charge in [-0.2, -0.15) is 0 Å². The number of rotatable bonds is 7. The Morgan fingerprint density at radius 1 is 0.971 bits per heavy atom. The lowest BCUT2D eigenvalue weighted by Gasteiger charge is -2.22. The molecule has 2 amide bonds. The van der Waals surface area contributed by atoms with Crippen LogP contribution in [-0.2, 0) is 14.3 Å². The maximum absolute atomic E-state index is 12.5. The molecule has 0 aliphatic heterocycles. The van der Waals surface area contributed by atoms with Crippen molar-refractivity contribution >= 4 is 18.0 Å². The van der Waals surface area contributed by atoms with Crippen LogP contribution in [0.1, 0.15) is 36.3 Å². The molecule has 4 atom stereocenters. The normalized spacial score (nSPS) is 24.6. The highest BCUT2D eigenvalue weighted by Gasteiger charge is 2.43. The third-order valence-electron chi connectivity index (χ3n) is 7.12. The van der Waals surface area contributed by atoms with Gasteiger partial charge in [-0.25, -0.2) is 4.79 Å². The Labute approximate surface area is 198 Å². The third kappa shape index (κ3) is 4.55. The van der Waals surface area contributed by atoms with Gasteiger partial charge in [0.15, 0.2) is 0 Å². The molecule has 3 N–H and O–H groups in total. The SMILES string of the molecule is O=C(NC[C@@H]1C[C@@H]1C(=O)NC1C=CCC(C(=O)O)C1)OCC1c2ccccc2-c2ccccc21. The number of amides is 2. The maximum atomic E-state index is 12.5. The molecule has 1 saturated carbocycles. The van der Waals surface area contributed by atoms with E-state index in [9.17, 15) is 19.5 Å². The molecule has 0 bridgehead atoms. The summed E-state index contributed by atoms with van der Waals surface area (Å²) in [5, 5.41) is 14.9. The standard InChI is InChI=1S/C27H28N2O5/c30-25(29-18-7-5-6-16(12-18)26(31)32)23-13-17(23)14-28-27(33)34-15-24-21-10-3-1-8-19(21)20-9-2-4-11-22(20)24/h1-5,7-11,16-18,23-24H,6,12-15H2,(H,28,33)(H,29,30)(H,31,32)/t16?,17-,18?,23-/m0/s1. The number of carboxylic acid groups (broad SMARTS) is 1. The van der Waals surface area contributed by atoms with Crippen molar-refractivity contribution < 1.29 is 24.2 Å². The van der Waals surface area contributed by atoms with Crippen molar-refractivity contribution in [3.05, 3.63) is 71.8 Å². The van der Waals surface area contributed by atoms with E-state index in [0.29, 0.717) is 25.8 Å². The largest absolute Gasteiger partial charge is 0.481 e. The van der Waals surface area contributed by atoms with Gasteiger partial charge < -0.3 is 20.5 Å². The second kappa shape index (κ2) is 9.33. The number of aliphatic carboxylic acids is 1. The molecule has 0 saturated heterocycles. The molecule has 34 heavy (non-hydrogen) atoms. The van der Waals surface area contributed by atoms with E-state index in [1.807, 2.05) is 36.4 Å². The molecule has 7 heteroatoms. The quantitative estimate of drug-likeness (QED) is 0.547. The number of alkyl carbamates (subject to hydrolysis) is 1. The summed E-state index contributed by atoms with van der Waals surface area (Å²) in [7, 11) is 0. The minimum atomic E-state index is -0.833. The van der Waals surface area contributed by atoms with E-state index in [0.717, 1.165) is 11.1 Å². The minimum Gasteiger partial charge on any atom is -0.481 e. The molecule has 7 nitrogen and oxygen atoms in total. The number of carboxylic acids is 1. The van der Waals surface area contributed by atoms with Gasteiger partial charge in [0, 0.05) is 24.4 Å². The molecule has 0 spiro atoms. The van der Waals surface area contributed by atoms with Crippen LogP contribution in [0.5, 0.6) is 0 Å². The van der Waals surface area contributed by atoms with Gasteiger partial charge in [0.05, 0.1) is 5.92 Å². The number of hydrogen-bond acceptors (Lipinski definition) is 4. The Kier molecular flexibility index (Phi) is 6.09. The van der Waals surface area contributed by atoms with Crippen molar-refractivity contribution in [2.24, 2.45) is 17.8 Å². The number of nitrogens with one attached hydrogen (secondary N) is 2. The van der Waals surface area contributed by atoms with Crippen LogP contribution in [0.3, 0.4) is 0 Å². The van der Waals surface area contributed by atoms with Crippen LogP contribution in [0.15, 0.2) is 60.7 Å². The van der Waals surface area contributed by atoms with Crippen molar-refractivity contribution in [2.45, 2.75) is 31.2 Å². The van der Waals surface area contributed by atoms with Gasteiger partial charge in [-0.1, -0.05) is 60.7 Å². The lowest BCUT2D eigenvalue weighted by molar-refractivity contribution is -0.142. The molecule has 2 aromatic rings. The Morgan fingerprint density at radius 3 is 2.32 bits per heavy atom. The van der Waals surface area contributed by atoms with Crippen molar-refractivity contribution in [3.63, 3.8) is 0 Å². The summed E-state index contributed by atoms with van der Waals surface area (Å²) >= 11 is 0. The number of fused-ring (bicyclic) bond motifs is 3.